The Labute approximate surface area is 126 Å². The molecule has 0 aliphatic carbocycles. The topological polar surface area (TPSA) is 48.5 Å². The number of piperazine rings is 1. The molecule has 1 aromatic rings. The number of nitrogens with one attached hydrogen (secondary N) is 1. The molecule has 120 valence electrons. The molecule has 1 atom stereocenters. The van der Waals surface area contributed by atoms with Crippen molar-refractivity contribution in [1.82, 2.24) is 10.3 Å². The van der Waals surface area contributed by atoms with Crippen molar-refractivity contribution >= 4 is 17.4 Å². The van der Waals surface area contributed by atoms with E-state index in [1.54, 1.807) is 18.7 Å². The number of carbonyl (C=O) groups excluding carboxylic acids is 1. The van der Waals surface area contributed by atoms with E-state index >= 15 is 0 Å². The van der Waals surface area contributed by atoms with Gasteiger partial charge in [0, 0.05) is 31.9 Å². The SMILES string of the molecule is CC(C)N1C(=O)C2CNCCN2c2ncc(C(F)(F)F)cc21. The van der Waals surface area contributed by atoms with E-state index in [2.05, 4.69) is 10.3 Å². The molecule has 22 heavy (non-hydrogen) atoms. The van der Waals surface area contributed by atoms with Gasteiger partial charge in [-0.15, -0.1) is 0 Å². The van der Waals surface area contributed by atoms with E-state index in [9.17, 15) is 18.0 Å². The van der Waals surface area contributed by atoms with Crippen molar-refractivity contribution < 1.29 is 18.0 Å². The van der Waals surface area contributed by atoms with E-state index in [1.165, 1.54) is 4.90 Å². The molecule has 0 aromatic carbocycles. The second-order valence-electron chi connectivity index (χ2n) is 5.78. The summed E-state index contributed by atoms with van der Waals surface area (Å²) in [6.45, 7) is 5.27. The Balaban J connectivity index is 2.14. The molecule has 8 heteroatoms. The molecule has 0 bridgehead atoms. The maximum absolute atomic E-state index is 12.9. The molecule has 1 unspecified atom stereocenters. The number of pyridine rings is 1. The van der Waals surface area contributed by atoms with Gasteiger partial charge in [0.05, 0.1) is 11.3 Å². The fraction of sp³-hybridized carbons (Fsp3) is 0.571. The van der Waals surface area contributed by atoms with E-state index in [1.807, 2.05) is 0 Å². The quantitative estimate of drug-likeness (QED) is 0.856. The van der Waals surface area contributed by atoms with Gasteiger partial charge in [0.15, 0.2) is 5.82 Å². The third-order valence-corrected chi connectivity index (χ3v) is 3.99. The summed E-state index contributed by atoms with van der Waals surface area (Å²) in [7, 11) is 0. The molecule has 2 aliphatic heterocycles. The van der Waals surface area contributed by atoms with Crippen LogP contribution in [-0.2, 0) is 11.0 Å². The van der Waals surface area contributed by atoms with Crippen LogP contribution in [0.15, 0.2) is 12.3 Å². The minimum absolute atomic E-state index is 0.184. The summed E-state index contributed by atoms with van der Waals surface area (Å²) in [6, 6.07) is 0.381. The monoisotopic (exact) mass is 314 g/mol. The number of amides is 1. The molecule has 1 amide bonds. The first-order valence-electron chi connectivity index (χ1n) is 7.18. The summed E-state index contributed by atoms with van der Waals surface area (Å²) in [6.07, 6.45) is -3.64. The van der Waals surface area contributed by atoms with Gasteiger partial charge in [-0.1, -0.05) is 0 Å². The van der Waals surface area contributed by atoms with Crippen LogP contribution in [0.25, 0.3) is 0 Å². The molecule has 0 spiro atoms. The summed E-state index contributed by atoms with van der Waals surface area (Å²) >= 11 is 0. The molecular formula is C14H17F3N4O. The lowest BCUT2D eigenvalue weighted by molar-refractivity contribution is -0.138. The van der Waals surface area contributed by atoms with E-state index in [4.69, 9.17) is 0 Å². The third-order valence-electron chi connectivity index (χ3n) is 3.99. The van der Waals surface area contributed by atoms with Gasteiger partial charge < -0.3 is 15.1 Å². The fourth-order valence-corrected chi connectivity index (χ4v) is 2.99. The van der Waals surface area contributed by atoms with Gasteiger partial charge in [0.25, 0.3) is 5.91 Å². The van der Waals surface area contributed by atoms with Gasteiger partial charge in [-0.3, -0.25) is 4.79 Å². The van der Waals surface area contributed by atoms with Crippen molar-refractivity contribution in [3.05, 3.63) is 17.8 Å². The maximum Gasteiger partial charge on any atom is 0.417 e. The fourth-order valence-electron chi connectivity index (χ4n) is 2.99. The molecule has 3 heterocycles. The predicted molar refractivity (Wildman–Crippen MR) is 75.9 cm³/mol. The number of fused-ring (bicyclic) bond motifs is 3. The smallest absolute Gasteiger partial charge is 0.340 e. The van der Waals surface area contributed by atoms with Gasteiger partial charge in [-0.25, -0.2) is 4.98 Å². The number of hydrogen-bond acceptors (Lipinski definition) is 4. The second kappa shape index (κ2) is 5.12. The number of alkyl halides is 3. The number of aromatic nitrogens is 1. The largest absolute Gasteiger partial charge is 0.417 e. The van der Waals surface area contributed by atoms with Crippen molar-refractivity contribution in [3.8, 4) is 0 Å². The average molecular weight is 314 g/mol. The van der Waals surface area contributed by atoms with Crippen LogP contribution in [0, 0.1) is 0 Å². The van der Waals surface area contributed by atoms with Crippen molar-refractivity contribution in [2.75, 3.05) is 29.4 Å². The zero-order valence-corrected chi connectivity index (χ0v) is 12.3. The van der Waals surface area contributed by atoms with Crippen molar-refractivity contribution in [2.45, 2.75) is 32.1 Å². The molecule has 5 nitrogen and oxygen atoms in total. The summed E-state index contributed by atoms with van der Waals surface area (Å²) in [5, 5.41) is 3.14. The lowest BCUT2D eigenvalue weighted by Crippen LogP contribution is -2.63. The Kier molecular flexibility index (Phi) is 3.51. The highest BCUT2D eigenvalue weighted by Crippen LogP contribution is 2.40. The first-order valence-corrected chi connectivity index (χ1v) is 7.18. The molecule has 0 radical (unpaired) electrons. The molecule has 1 saturated heterocycles. The lowest BCUT2D eigenvalue weighted by atomic mass is 10.0. The Morgan fingerprint density at radius 1 is 1.41 bits per heavy atom. The summed E-state index contributed by atoms with van der Waals surface area (Å²) in [4.78, 5) is 19.9. The van der Waals surface area contributed by atoms with E-state index in [-0.39, 0.29) is 17.6 Å². The number of hydrogen-bond donors (Lipinski definition) is 1. The number of carbonyl (C=O) groups is 1. The maximum atomic E-state index is 12.9. The molecular weight excluding hydrogens is 297 g/mol. The summed E-state index contributed by atoms with van der Waals surface area (Å²) < 4.78 is 38.8. The number of anilines is 2. The highest BCUT2D eigenvalue weighted by atomic mass is 19.4. The molecule has 1 fully saturated rings. The Morgan fingerprint density at radius 3 is 2.77 bits per heavy atom. The molecule has 1 N–H and O–H groups in total. The Bertz CT molecular complexity index is 602. The van der Waals surface area contributed by atoms with Gasteiger partial charge in [-0.2, -0.15) is 13.2 Å². The molecule has 2 aliphatic rings. The second-order valence-corrected chi connectivity index (χ2v) is 5.78. The number of rotatable bonds is 1. The van der Waals surface area contributed by atoms with E-state index in [0.717, 1.165) is 12.3 Å². The van der Waals surface area contributed by atoms with E-state index < -0.39 is 17.8 Å². The predicted octanol–water partition coefficient (Wildman–Crippen LogP) is 1.63. The lowest BCUT2D eigenvalue weighted by Gasteiger charge is -2.45. The van der Waals surface area contributed by atoms with Crippen LogP contribution >= 0.6 is 0 Å². The van der Waals surface area contributed by atoms with Crippen LogP contribution in [0.1, 0.15) is 19.4 Å². The molecule has 0 saturated carbocycles. The van der Waals surface area contributed by atoms with Gasteiger partial charge in [0.1, 0.15) is 6.04 Å². The minimum atomic E-state index is -4.48. The number of halogens is 3. The summed E-state index contributed by atoms with van der Waals surface area (Å²) in [5.41, 5.74) is -0.591. The van der Waals surface area contributed by atoms with Crippen LogP contribution in [-0.4, -0.2) is 42.6 Å². The van der Waals surface area contributed by atoms with Gasteiger partial charge >= 0.3 is 6.18 Å². The normalized spacial score (nSPS) is 21.9. The third kappa shape index (κ3) is 2.31. The van der Waals surface area contributed by atoms with Gasteiger partial charge in [0.2, 0.25) is 0 Å². The van der Waals surface area contributed by atoms with Crippen molar-refractivity contribution in [1.29, 1.82) is 0 Å². The minimum Gasteiger partial charge on any atom is -0.340 e. The van der Waals surface area contributed by atoms with E-state index in [0.29, 0.717) is 25.5 Å². The molecule has 1 aromatic heterocycles. The number of nitrogens with zero attached hydrogens (tertiary/aromatic N) is 3. The summed E-state index contributed by atoms with van der Waals surface area (Å²) in [5.74, 6) is 0.267. The van der Waals surface area contributed by atoms with Crippen LogP contribution in [0.5, 0.6) is 0 Å². The van der Waals surface area contributed by atoms with Crippen molar-refractivity contribution in [2.24, 2.45) is 0 Å². The van der Waals surface area contributed by atoms with Crippen LogP contribution in [0.3, 0.4) is 0 Å². The zero-order valence-electron chi connectivity index (χ0n) is 12.3. The highest BCUT2D eigenvalue weighted by molar-refractivity contribution is 6.05. The first kappa shape index (κ1) is 15.1. The molecule has 3 rings (SSSR count). The average Bonchev–Trinajstić information content (AvgIpc) is 2.46. The van der Waals surface area contributed by atoms with Crippen LogP contribution < -0.4 is 15.1 Å². The standard InChI is InChI=1S/C14H17F3N4O/c1-8(2)21-10-5-9(14(15,16)17)6-19-12(10)20-4-3-18-7-11(20)13(21)22/h5-6,8,11,18H,3-4,7H2,1-2H3. The highest BCUT2D eigenvalue weighted by Gasteiger charge is 2.43. The van der Waals surface area contributed by atoms with Crippen LogP contribution in [0.2, 0.25) is 0 Å². The Morgan fingerprint density at radius 2 is 2.14 bits per heavy atom. The first-order chi connectivity index (χ1) is 10.3. The van der Waals surface area contributed by atoms with Gasteiger partial charge in [-0.05, 0) is 19.9 Å². The zero-order chi connectivity index (χ0) is 16.1. The van der Waals surface area contributed by atoms with Crippen LogP contribution in [0.4, 0.5) is 24.7 Å². The van der Waals surface area contributed by atoms with Crippen molar-refractivity contribution in [3.63, 3.8) is 0 Å². The Hall–Kier alpha value is -1.83.